The Morgan fingerprint density at radius 2 is 0.840 bits per heavy atom. The molecule has 0 rings (SSSR count). The smallest absolute Gasteiger partial charge is 0.0920 e. The first kappa shape index (κ1) is 27.8. The minimum Gasteiger partial charge on any atom is -1.00 e. The molecule has 25 heavy (non-hydrogen) atoms. The van der Waals surface area contributed by atoms with Gasteiger partial charge in [-0.15, -0.1) is 11.6 Å². The average Bonchev–Trinajstić information content (AvgIpc) is 2.54. The Morgan fingerprint density at radius 3 is 1.16 bits per heavy atom. The van der Waals surface area contributed by atoms with Gasteiger partial charge in [0.05, 0.1) is 33.1 Å². The van der Waals surface area contributed by atoms with Crippen LogP contribution >= 0.6 is 11.6 Å². The van der Waals surface area contributed by atoms with Crippen molar-refractivity contribution >= 4 is 11.6 Å². The summed E-state index contributed by atoms with van der Waals surface area (Å²) >= 11 is 5.85. The molecule has 0 N–H and O–H groups in total. The van der Waals surface area contributed by atoms with Crippen molar-refractivity contribution in [3.63, 3.8) is 0 Å². The van der Waals surface area contributed by atoms with E-state index in [9.17, 15) is 0 Å². The van der Waals surface area contributed by atoms with Crippen LogP contribution in [0.2, 0.25) is 0 Å². The van der Waals surface area contributed by atoms with Gasteiger partial charge in [0.2, 0.25) is 0 Å². The van der Waals surface area contributed by atoms with Crippen LogP contribution in [0.1, 0.15) is 110 Å². The molecule has 0 saturated carbocycles. The summed E-state index contributed by atoms with van der Waals surface area (Å²) in [4.78, 5) is 0. The van der Waals surface area contributed by atoms with E-state index in [0.717, 1.165) is 16.9 Å². The van der Waals surface area contributed by atoms with Crippen molar-refractivity contribution in [3.8, 4) is 0 Å². The summed E-state index contributed by atoms with van der Waals surface area (Å²) in [6.07, 6.45) is 23.1. The van der Waals surface area contributed by atoms with Gasteiger partial charge >= 0.3 is 0 Å². The van der Waals surface area contributed by atoms with Crippen molar-refractivity contribution in [2.75, 3.05) is 33.1 Å². The molecule has 0 bridgehead atoms. The topological polar surface area (TPSA) is 0 Å². The lowest BCUT2D eigenvalue weighted by Crippen LogP contribution is -3.00. The monoisotopic (exact) mass is 395 g/mol. The SMILES string of the molecule is CCCCCCCCCCCCCCCCCC[N+](C)(C)CCCl.[Cl-]. The first-order valence-corrected chi connectivity index (χ1v) is 11.5. The van der Waals surface area contributed by atoms with Gasteiger partial charge in [0, 0.05) is 0 Å². The molecule has 154 valence electrons. The highest BCUT2D eigenvalue weighted by Crippen LogP contribution is 2.14. The summed E-state index contributed by atoms with van der Waals surface area (Å²) in [5.74, 6) is 0.784. The Hall–Kier alpha value is 0.540. The summed E-state index contributed by atoms with van der Waals surface area (Å²) in [7, 11) is 4.60. The van der Waals surface area contributed by atoms with Crippen LogP contribution in [0.3, 0.4) is 0 Å². The summed E-state index contributed by atoms with van der Waals surface area (Å²) < 4.78 is 1.09. The van der Waals surface area contributed by atoms with Gasteiger partial charge in [-0.3, -0.25) is 0 Å². The molecule has 0 spiro atoms. The van der Waals surface area contributed by atoms with Crippen molar-refractivity contribution in [3.05, 3.63) is 0 Å². The number of alkyl halides is 1. The van der Waals surface area contributed by atoms with Crippen LogP contribution in [-0.2, 0) is 0 Å². The van der Waals surface area contributed by atoms with Crippen molar-refractivity contribution in [1.29, 1.82) is 0 Å². The molecule has 0 atom stereocenters. The molecular weight excluding hydrogens is 349 g/mol. The lowest BCUT2D eigenvalue weighted by Gasteiger charge is -2.28. The summed E-state index contributed by atoms with van der Waals surface area (Å²) in [6, 6.07) is 0. The van der Waals surface area contributed by atoms with E-state index in [1.807, 2.05) is 0 Å². The van der Waals surface area contributed by atoms with Crippen LogP contribution < -0.4 is 12.4 Å². The highest BCUT2D eigenvalue weighted by molar-refractivity contribution is 6.17. The summed E-state index contributed by atoms with van der Waals surface area (Å²) in [5, 5.41) is 0. The zero-order valence-corrected chi connectivity index (χ0v) is 19.2. The van der Waals surface area contributed by atoms with Gasteiger partial charge in [0.25, 0.3) is 0 Å². The fraction of sp³-hybridized carbons (Fsp3) is 1.00. The normalized spacial score (nSPS) is 11.5. The quantitative estimate of drug-likeness (QED) is 0.170. The highest BCUT2D eigenvalue weighted by Gasteiger charge is 2.12. The molecule has 0 unspecified atom stereocenters. The maximum atomic E-state index is 5.85. The lowest BCUT2D eigenvalue weighted by atomic mass is 10.0. The third kappa shape index (κ3) is 22.5. The second kappa shape index (κ2) is 20.8. The Kier molecular flexibility index (Phi) is 23.1. The molecule has 0 aliphatic rings. The van der Waals surface area contributed by atoms with Crippen molar-refractivity contribution < 1.29 is 16.9 Å². The molecule has 0 aromatic rings. The van der Waals surface area contributed by atoms with E-state index in [1.54, 1.807) is 0 Å². The van der Waals surface area contributed by atoms with Crippen molar-refractivity contribution in [1.82, 2.24) is 0 Å². The largest absolute Gasteiger partial charge is 1.00 e. The van der Waals surface area contributed by atoms with Gasteiger partial charge in [-0.2, -0.15) is 0 Å². The maximum absolute atomic E-state index is 5.85. The Balaban J connectivity index is 0. The predicted molar refractivity (Wildman–Crippen MR) is 112 cm³/mol. The van der Waals surface area contributed by atoms with Gasteiger partial charge in [0.1, 0.15) is 0 Å². The van der Waals surface area contributed by atoms with Crippen molar-refractivity contribution in [2.45, 2.75) is 110 Å². The summed E-state index contributed by atoms with van der Waals surface area (Å²) in [6.45, 7) is 4.68. The lowest BCUT2D eigenvalue weighted by molar-refractivity contribution is -0.888. The number of hydrogen-bond acceptors (Lipinski definition) is 0. The second-order valence-corrected chi connectivity index (χ2v) is 8.75. The van der Waals surface area contributed by atoms with E-state index < -0.39 is 0 Å². The molecular formula is C22H47Cl2N. The first-order chi connectivity index (χ1) is 11.6. The number of hydrogen-bond donors (Lipinski definition) is 0. The molecule has 0 aliphatic carbocycles. The molecule has 1 nitrogen and oxygen atoms in total. The predicted octanol–water partition coefficient (Wildman–Crippen LogP) is 4.57. The first-order valence-electron chi connectivity index (χ1n) is 11.0. The third-order valence-electron chi connectivity index (χ3n) is 5.31. The molecule has 0 saturated heterocycles. The standard InChI is InChI=1S/C22H47ClN.ClH/c1-4-5-6-7-8-9-10-11-12-13-14-15-16-17-18-19-21-24(2,3)22-20-23;/h4-22H2,1-3H3;1H/q+1;/p-1. The van der Waals surface area contributed by atoms with E-state index in [-0.39, 0.29) is 12.4 Å². The van der Waals surface area contributed by atoms with E-state index >= 15 is 0 Å². The van der Waals surface area contributed by atoms with Crippen LogP contribution in [0.25, 0.3) is 0 Å². The second-order valence-electron chi connectivity index (χ2n) is 8.38. The number of quaternary nitrogens is 1. The third-order valence-corrected chi connectivity index (χ3v) is 5.48. The van der Waals surface area contributed by atoms with E-state index in [4.69, 9.17) is 11.6 Å². The number of halogens is 2. The maximum Gasteiger partial charge on any atom is 0.0920 e. The molecule has 0 amide bonds. The number of unbranched alkanes of at least 4 members (excludes halogenated alkanes) is 15. The average molecular weight is 397 g/mol. The Bertz CT molecular complexity index is 244. The fourth-order valence-corrected chi connectivity index (χ4v) is 3.89. The molecule has 0 aliphatic heterocycles. The van der Waals surface area contributed by atoms with E-state index in [2.05, 4.69) is 21.0 Å². The van der Waals surface area contributed by atoms with Crippen LogP contribution in [0.5, 0.6) is 0 Å². The van der Waals surface area contributed by atoms with E-state index in [0.29, 0.717) is 0 Å². The number of rotatable bonds is 19. The molecule has 0 radical (unpaired) electrons. The molecule has 0 heterocycles. The minimum atomic E-state index is 0. The zero-order chi connectivity index (χ0) is 17.9. The fourth-order valence-electron chi connectivity index (χ4n) is 3.43. The minimum absolute atomic E-state index is 0. The van der Waals surface area contributed by atoms with Gasteiger partial charge in [-0.1, -0.05) is 96.8 Å². The molecule has 3 heteroatoms. The van der Waals surface area contributed by atoms with Crippen molar-refractivity contribution in [2.24, 2.45) is 0 Å². The number of nitrogens with zero attached hydrogens (tertiary/aromatic N) is 1. The van der Waals surface area contributed by atoms with Crippen LogP contribution in [0, 0.1) is 0 Å². The van der Waals surface area contributed by atoms with Gasteiger partial charge in [0.15, 0.2) is 0 Å². The Labute approximate surface area is 171 Å². The van der Waals surface area contributed by atoms with Crippen LogP contribution in [0.15, 0.2) is 0 Å². The zero-order valence-electron chi connectivity index (χ0n) is 17.6. The van der Waals surface area contributed by atoms with Gasteiger partial charge in [-0.05, 0) is 12.8 Å². The Morgan fingerprint density at radius 1 is 0.520 bits per heavy atom. The molecule has 0 aromatic carbocycles. The van der Waals surface area contributed by atoms with Gasteiger partial charge < -0.3 is 16.9 Å². The summed E-state index contributed by atoms with van der Waals surface area (Å²) in [5.41, 5.74) is 0. The molecule has 0 aromatic heterocycles. The van der Waals surface area contributed by atoms with E-state index in [1.165, 1.54) is 109 Å². The van der Waals surface area contributed by atoms with Gasteiger partial charge in [-0.25, -0.2) is 0 Å². The van der Waals surface area contributed by atoms with Crippen LogP contribution in [-0.4, -0.2) is 37.5 Å². The molecule has 0 fully saturated rings. The highest BCUT2D eigenvalue weighted by atomic mass is 35.5. The van der Waals surface area contributed by atoms with Crippen LogP contribution in [0.4, 0.5) is 0 Å².